The number of thiophene rings is 1. The number of methoxy groups -OCH3 is 2. The second kappa shape index (κ2) is 9.70. The summed E-state index contributed by atoms with van der Waals surface area (Å²) in [5, 5.41) is 3.96. The van der Waals surface area contributed by atoms with Crippen molar-refractivity contribution in [3.63, 3.8) is 0 Å². The second-order valence-electron chi connectivity index (χ2n) is 8.42. The molecule has 0 amide bonds. The zero-order chi connectivity index (χ0) is 26.3. The van der Waals surface area contributed by atoms with Gasteiger partial charge < -0.3 is 34.7 Å². The molecule has 3 N–H and O–H groups in total. The molecule has 37 heavy (non-hydrogen) atoms. The number of nitrogen functional groups attached to an aromatic ring is 1. The van der Waals surface area contributed by atoms with Crippen LogP contribution in [0.2, 0.25) is 0 Å². The number of anilines is 2. The highest BCUT2D eigenvalue weighted by atomic mass is 32.1. The molecule has 9 nitrogen and oxygen atoms in total. The van der Waals surface area contributed by atoms with Gasteiger partial charge in [0.1, 0.15) is 10.6 Å². The largest absolute Gasteiger partial charge is 0.497 e. The topological polar surface area (TPSA) is 118 Å². The number of rotatable bonds is 7. The summed E-state index contributed by atoms with van der Waals surface area (Å²) < 4.78 is 27.4. The summed E-state index contributed by atoms with van der Waals surface area (Å²) in [5.74, 6) is 0.771. The molecule has 3 aromatic rings. The average Bonchev–Trinajstić information content (AvgIpc) is 3.51. The van der Waals surface area contributed by atoms with Crippen LogP contribution in [0.5, 0.6) is 23.0 Å². The lowest BCUT2D eigenvalue weighted by Crippen LogP contribution is -2.24. The number of nitrogens with one attached hydrogen (secondary N) is 1. The zero-order valence-electron chi connectivity index (χ0n) is 20.8. The summed E-state index contributed by atoms with van der Waals surface area (Å²) in [6.45, 7) is 3.82. The first-order chi connectivity index (χ1) is 17.9. The van der Waals surface area contributed by atoms with Crippen molar-refractivity contribution < 1.29 is 33.3 Å². The highest BCUT2D eigenvalue weighted by Gasteiger charge is 2.39. The van der Waals surface area contributed by atoms with Crippen LogP contribution in [0.15, 0.2) is 47.7 Å². The number of ketones is 1. The van der Waals surface area contributed by atoms with Gasteiger partial charge in [0, 0.05) is 22.7 Å². The Balaban J connectivity index is 1.67. The third-order valence-electron chi connectivity index (χ3n) is 6.33. The molecule has 10 heteroatoms. The highest BCUT2D eigenvalue weighted by molar-refractivity contribution is 7.19. The van der Waals surface area contributed by atoms with Crippen molar-refractivity contribution in [3.8, 4) is 23.0 Å². The fourth-order valence-corrected chi connectivity index (χ4v) is 5.78. The molecule has 192 valence electrons. The lowest BCUT2D eigenvalue weighted by atomic mass is 9.81. The summed E-state index contributed by atoms with van der Waals surface area (Å²) in [4.78, 5) is 27.1. The van der Waals surface area contributed by atoms with Crippen LogP contribution in [0.1, 0.15) is 46.1 Å². The van der Waals surface area contributed by atoms with Gasteiger partial charge in [0.05, 0.1) is 37.1 Å². The van der Waals surface area contributed by atoms with E-state index in [-0.39, 0.29) is 19.2 Å². The standard InChI is InChI=1S/C27H26N2O7S/c1-5-34-27(31)19-13(2)29-26-21(20(19)15-10-17(33-4)24-18(11-15)35-12-36-24)22(28)25(37-26)23(30)14-6-8-16(32-3)9-7-14/h6-11,20,29H,5,12,28H2,1-4H3/t20-/m0/s1. The third kappa shape index (κ3) is 4.13. The van der Waals surface area contributed by atoms with E-state index in [9.17, 15) is 9.59 Å². The molecule has 2 aliphatic rings. The van der Waals surface area contributed by atoms with E-state index in [0.717, 1.165) is 0 Å². The predicted octanol–water partition coefficient (Wildman–Crippen LogP) is 4.70. The Bertz CT molecular complexity index is 1430. The number of nitrogens with two attached hydrogens (primary N) is 1. The molecule has 0 aliphatic carbocycles. The first-order valence-corrected chi connectivity index (χ1v) is 12.4. The maximum absolute atomic E-state index is 13.5. The van der Waals surface area contributed by atoms with Crippen molar-refractivity contribution in [2.45, 2.75) is 19.8 Å². The molecule has 0 bridgehead atoms. The first kappa shape index (κ1) is 24.5. The van der Waals surface area contributed by atoms with Crippen LogP contribution in [0.3, 0.4) is 0 Å². The lowest BCUT2D eigenvalue weighted by Gasteiger charge is -2.28. The van der Waals surface area contributed by atoms with E-state index in [1.165, 1.54) is 18.4 Å². The van der Waals surface area contributed by atoms with Gasteiger partial charge in [0.2, 0.25) is 18.3 Å². The van der Waals surface area contributed by atoms with E-state index < -0.39 is 11.9 Å². The van der Waals surface area contributed by atoms with Gasteiger partial charge in [-0.05, 0) is 55.8 Å². The Labute approximate surface area is 217 Å². The lowest BCUT2D eigenvalue weighted by molar-refractivity contribution is -0.138. The minimum absolute atomic E-state index is 0.0628. The fraction of sp³-hybridized carbons (Fsp3) is 0.259. The average molecular weight is 523 g/mol. The van der Waals surface area contributed by atoms with Gasteiger partial charge in [-0.1, -0.05) is 0 Å². The summed E-state index contributed by atoms with van der Waals surface area (Å²) >= 11 is 1.25. The normalized spacial score (nSPS) is 15.6. The molecule has 5 rings (SSSR count). The smallest absolute Gasteiger partial charge is 0.336 e. The van der Waals surface area contributed by atoms with Crippen molar-refractivity contribution in [1.82, 2.24) is 0 Å². The minimum atomic E-state index is -0.632. The molecule has 2 aliphatic heterocycles. The number of allylic oxidation sites excluding steroid dienone is 1. The maximum Gasteiger partial charge on any atom is 0.336 e. The van der Waals surface area contributed by atoms with Crippen LogP contribution in [-0.4, -0.2) is 39.4 Å². The molecule has 0 saturated carbocycles. The van der Waals surface area contributed by atoms with Crippen LogP contribution in [0.25, 0.3) is 0 Å². The SMILES string of the molecule is CCOC(=O)C1=C(C)Nc2sc(C(=O)c3ccc(OC)cc3)c(N)c2[C@H]1c1cc(OC)c2c(c1)OCO2. The fourth-order valence-electron chi connectivity index (χ4n) is 4.61. The van der Waals surface area contributed by atoms with Gasteiger partial charge in [-0.3, -0.25) is 4.79 Å². The molecule has 0 radical (unpaired) electrons. The minimum Gasteiger partial charge on any atom is -0.497 e. The number of ether oxygens (including phenoxy) is 5. The van der Waals surface area contributed by atoms with Gasteiger partial charge >= 0.3 is 5.97 Å². The van der Waals surface area contributed by atoms with Crippen LogP contribution in [-0.2, 0) is 9.53 Å². The number of fused-ring (bicyclic) bond motifs is 2. The van der Waals surface area contributed by atoms with Gasteiger partial charge in [-0.2, -0.15) is 0 Å². The van der Waals surface area contributed by atoms with Crippen molar-refractivity contribution in [3.05, 3.63) is 69.2 Å². The number of carbonyl (C=O) groups is 2. The van der Waals surface area contributed by atoms with E-state index in [0.29, 0.717) is 66.5 Å². The molecular weight excluding hydrogens is 496 g/mol. The van der Waals surface area contributed by atoms with E-state index in [1.54, 1.807) is 57.4 Å². The van der Waals surface area contributed by atoms with Gasteiger partial charge in [-0.25, -0.2) is 4.79 Å². The number of hydrogen-bond donors (Lipinski definition) is 2. The summed E-state index contributed by atoms with van der Waals surface area (Å²) in [7, 11) is 3.10. The van der Waals surface area contributed by atoms with Gasteiger partial charge in [0.15, 0.2) is 11.5 Å². The van der Waals surface area contributed by atoms with E-state index in [2.05, 4.69) is 5.32 Å². The molecule has 1 aromatic heterocycles. The molecule has 2 aromatic carbocycles. The van der Waals surface area contributed by atoms with Crippen molar-refractivity contribution in [2.75, 3.05) is 38.7 Å². The van der Waals surface area contributed by atoms with Crippen LogP contribution in [0.4, 0.5) is 10.7 Å². The van der Waals surface area contributed by atoms with Gasteiger partial charge in [-0.15, -0.1) is 11.3 Å². The Hall–Kier alpha value is -4.18. The monoisotopic (exact) mass is 522 g/mol. The third-order valence-corrected chi connectivity index (χ3v) is 7.47. The number of hydrogen-bond acceptors (Lipinski definition) is 10. The summed E-state index contributed by atoms with van der Waals surface area (Å²) in [5.41, 5.74) is 9.76. The van der Waals surface area contributed by atoms with E-state index in [1.807, 2.05) is 0 Å². The first-order valence-electron chi connectivity index (χ1n) is 11.6. The van der Waals surface area contributed by atoms with Crippen LogP contribution in [0, 0.1) is 0 Å². The van der Waals surface area contributed by atoms with Crippen LogP contribution < -0.4 is 30.0 Å². The number of benzene rings is 2. The molecule has 3 heterocycles. The van der Waals surface area contributed by atoms with Crippen molar-refractivity contribution in [2.24, 2.45) is 0 Å². The Kier molecular flexibility index (Phi) is 6.43. The highest BCUT2D eigenvalue weighted by Crippen LogP contribution is 2.53. The van der Waals surface area contributed by atoms with E-state index >= 15 is 0 Å². The molecule has 0 fully saturated rings. The Morgan fingerprint density at radius 3 is 2.57 bits per heavy atom. The quantitative estimate of drug-likeness (QED) is 0.336. The second-order valence-corrected chi connectivity index (χ2v) is 9.44. The summed E-state index contributed by atoms with van der Waals surface area (Å²) in [6, 6.07) is 10.4. The zero-order valence-corrected chi connectivity index (χ0v) is 21.6. The van der Waals surface area contributed by atoms with Crippen LogP contribution >= 0.6 is 11.3 Å². The Morgan fingerprint density at radius 1 is 1.14 bits per heavy atom. The van der Waals surface area contributed by atoms with E-state index in [4.69, 9.17) is 29.4 Å². The predicted molar refractivity (Wildman–Crippen MR) is 139 cm³/mol. The molecule has 0 unspecified atom stereocenters. The summed E-state index contributed by atoms with van der Waals surface area (Å²) in [6.07, 6.45) is 0. The molecule has 0 spiro atoms. The molecular formula is C27H26N2O7S. The maximum atomic E-state index is 13.5. The van der Waals surface area contributed by atoms with Gasteiger partial charge in [0.25, 0.3) is 0 Å². The Morgan fingerprint density at radius 2 is 1.89 bits per heavy atom. The molecule has 1 atom stereocenters. The number of esters is 1. The number of carbonyl (C=O) groups excluding carboxylic acids is 2. The molecule has 0 saturated heterocycles. The van der Waals surface area contributed by atoms with Crippen molar-refractivity contribution in [1.29, 1.82) is 0 Å². The van der Waals surface area contributed by atoms with Crippen molar-refractivity contribution >= 4 is 33.8 Å².